The van der Waals surface area contributed by atoms with Crippen LogP contribution in [0.25, 0.3) is 22.5 Å². The highest BCUT2D eigenvalue weighted by molar-refractivity contribution is 7.88. The average Bonchev–Trinajstić information content (AvgIpc) is 3.84. The molecule has 2 aliphatic carbocycles. The van der Waals surface area contributed by atoms with Crippen LogP contribution in [0, 0.1) is 22.7 Å². The zero-order chi connectivity index (χ0) is 34.5. The lowest BCUT2D eigenvalue weighted by Gasteiger charge is -2.53. The highest BCUT2D eigenvalue weighted by atomic mass is 32.2. The lowest BCUT2D eigenvalue weighted by molar-refractivity contribution is -0.0114. The number of benzene rings is 2. The number of hydrogen-bond acceptors (Lipinski definition) is 6. The van der Waals surface area contributed by atoms with Gasteiger partial charge in [0.15, 0.2) is 0 Å². The molecule has 2 unspecified atom stereocenters. The summed E-state index contributed by atoms with van der Waals surface area (Å²) in [5, 5.41) is 5.27. The summed E-state index contributed by atoms with van der Waals surface area (Å²) in [5.74, 6) is 1.22. The molecule has 50 heavy (non-hydrogen) atoms. The minimum absolute atomic E-state index is 0.296. The molecule has 6 heterocycles. The monoisotopic (exact) mass is 715 g/mol. The van der Waals surface area contributed by atoms with Crippen LogP contribution in [0.2, 0.25) is 0 Å². The third-order valence-corrected chi connectivity index (χ3v) is 15.5. The minimum Gasteiger partial charge on any atom is -0.323 e. The van der Waals surface area contributed by atoms with Crippen molar-refractivity contribution in [3.63, 3.8) is 0 Å². The van der Waals surface area contributed by atoms with Crippen molar-refractivity contribution in [2.75, 3.05) is 32.4 Å². The van der Waals surface area contributed by atoms with Gasteiger partial charge in [-0.3, -0.25) is 0 Å². The van der Waals surface area contributed by atoms with Crippen molar-refractivity contribution in [2.45, 2.75) is 63.5 Å². The highest BCUT2D eigenvalue weighted by Crippen LogP contribution is 2.61. The zero-order valence-electron chi connectivity index (χ0n) is 28.4. The molecule has 2 aromatic heterocycles. The van der Waals surface area contributed by atoms with Crippen molar-refractivity contribution in [2.24, 2.45) is 27.8 Å². The molecule has 2 saturated heterocycles. The Balaban J connectivity index is 0.000000135. The van der Waals surface area contributed by atoms with Gasteiger partial charge in [0.25, 0.3) is 10.2 Å². The molecule has 2 spiro atoms. The molecule has 264 valence electrons. The van der Waals surface area contributed by atoms with Crippen LogP contribution < -0.4 is 5.14 Å². The maximum absolute atomic E-state index is 11.7. The number of nitrogens with zero attached hydrogens (tertiary/aromatic N) is 6. The molecule has 11 nitrogen and oxygen atoms in total. The molecule has 2 aromatic carbocycles. The summed E-state index contributed by atoms with van der Waals surface area (Å²) in [6.45, 7) is 2.48. The molecule has 6 aliphatic rings. The molecule has 4 fully saturated rings. The Morgan fingerprint density at radius 2 is 1.04 bits per heavy atom. The second-order valence-electron chi connectivity index (χ2n) is 15.9. The van der Waals surface area contributed by atoms with Gasteiger partial charge in [-0.25, -0.2) is 27.8 Å². The Kier molecular flexibility index (Phi) is 7.53. The summed E-state index contributed by atoms with van der Waals surface area (Å²) >= 11 is 0. The van der Waals surface area contributed by atoms with E-state index in [0.717, 1.165) is 38.5 Å². The fraction of sp³-hybridized carbons (Fsp3) is 0.514. The predicted octanol–water partition coefficient (Wildman–Crippen LogP) is 5.05. The summed E-state index contributed by atoms with van der Waals surface area (Å²) in [7, 11) is -6.58. The molecule has 0 radical (unpaired) electrons. The Hall–Kier alpha value is -3.36. The molecule has 2 atom stereocenters. The first-order chi connectivity index (χ1) is 23.9. The second-order valence-corrected chi connectivity index (χ2v) is 19.4. The van der Waals surface area contributed by atoms with E-state index < -0.39 is 20.2 Å². The molecule has 4 aromatic rings. The average molecular weight is 716 g/mol. The van der Waals surface area contributed by atoms with E-state index in [2.05, 4.69) is 67.6 Å². The number of aromatic nitrogens is 4. The quantitative estimate of drug-likeness (QED) is 0.314. The van der Waals surface area contributed by atoms with Gasteiger partial charge in [-0.2, -0.15) is 12.7 Å². The van der Waals surface area contributed by atoms with Crippen molar-refractivity contribution < 1.29 is 16.8 Å². The van der Waals surface area contributed by atoms with E-state index in [0.29, 0.717) is 60.9 Å². The molecule has 10 rings (SSSR count). The van der Waals surface area contributed by atoms with Gasteiger partial charge >= 0.3 is 0 Å². The van der Waals surface area contributed by atoms with Crippen LogP contribution in [0.3, 0.4) is 0 Å². The Morgan fingerprint density at radius 1 is 0.640 bits per heavy atom. The first-order valence-corrected chi connectivity index (χ1v) is 21.2. The first kappa shape index (κ1) is 32.5. The van der Waals surface area contributed by atoms with Crippen LogP contribution in [-0.2, 0) is 20.2 Å². The molecule has 2 N–H and O–H groups in total. The number of rotatable bonds is 4. The van der Waals surface area contributed by atoms with Gasteiger partial charge in [-0.15, -0.1) is 0 Å². The maximum atomic E-state index is 11.7. The van der Waals surface area contributed by atoms with E-state index >= 15 is 0 Å². The summed E-state index contributed by atoms with van der Waals surface area (Å²) < 4.78 is 54.2. The Morgan fingerprint density at radius 3 is 1.44 bits per heavy atom. The standard InChI is InChI=1S/C19H23N3O2S.C18H22N4O2S/c1-25(23,24)21-8-6-19(7-9-21)10-14(11-19)18-16-5-3-2-4-15(16)17-12-20-13-22(17)18;19-25(23,24)21-7-5-18(6-8-21)9-13(10-18)17-15-4-2-1-3-14(15)16-11-20-12-22(16)17/h2-5,12-14,18H,6-11H2,1H3;1-4,11-13,17H,5-10H2,(H2,19,23,24). The number of nitrogens with two attached hydrogens (primary N) is 1. The maximum Gasteiger partial charge on any atom is 0.276 e. The van der Waals surface area contributed by atoms with Crippen LogP contribution in [0.15, 0.2) is 73.6 Å². The van der Waals surface area contributed by atoms with Gasteiger partial charge < -0.3 is 9.13 Å². The lowest BCUT2D eigenvalue weighted by Crippen LogP contribution is -2.51. The van der Waals surface area contributed by atoms with Crippen LogP contribution in [0.1, 0.15) is 74.6 Å². The van der Waals surface area contributed by atoms with Crippen molar-refractivity contribution in [3.8, 4) is 22.5 Å². The van der Waals surface area contributed by atoms with Gasteiger partial charge in [0.2, 0.25) is 10.0 Å². The van der Waals surface area contributed by atoms with Crippen LogP contribution >= 0.6 is 0 Å². The Bertz CT molecular complexity index is 1990. The van der Waals surface area contributed by atoms with Crippen molar-refractivity contribution >= 4 is 20.2 Å². The molecule has 13 heteroatoms. The SMILES string of the molecule is CS(=O)(=O)N1CCC2(CC1)CC(C1c3ccccc3-c3cncn31)C2.NS(=O)(=O)N1CCC2(CC1)CC(C1c3ccccc3-c3cncn31)C2. The fourth-order valence-electron chi connectivity index (χ4n) is 10.6. The number of fused-ring (bicyclic) bond motifs is 6. The van der Waals surface area contributed by atoms with Crippen LogP contribution in [0.4, 0.5) is 0 Å². The van der Waals surface area contributed by atoms with E-state index in [1.54, 1.807) is 4.31 Å². The first-order valence-electron chi connectivity index (χ1n) is 17.9. The smallest absolute Gasteiger partial charge is 0.276 e. The molecule has 0 amide bonds. The van der Waals surface area contributed by atoms with E-state index in [1.165, 1.54) is 57.0 Å². The molecular weight excluding hydrogens is 671 g/mol. The minimum atomic E-state index is -3.54. The van der Waals surface area contributed by atoms with E-state index in [9.17, 15) is 16.8 Å². The van der Waals surface area contributed by atoms with Gasteiger partial charge in [0, 0.05) is 37.3 Å². The number of piperidine rings is 2. The topological polar surface area (TPSA) is 136 Å². The van der Waals surface area contributed by atoms with Gasteiger partial charge in [0.05, 0.1) is 54.8 Å². The van der Waals surface area contributed by atoms with Crippen molar-refractivity contribution in [3.05, 3.63) is 84.7 Å². The highest BCUT2D eigenvalue weighted by Gasteiger charge is 2.52. The number of hydrogen-bond donors (Lipinski definition) is 1. The van der Waals surface area contributed by atoms with Crippen LogP contribution in [0.5, 0.6) is 0 Å². The second kappa shape index (κ2) is 11.6. The van der Waals surface area contributed by atoms with Crippen molar-refractivity contribution in [1.82, 2.24) is 27.7 Å². The van der Waals surface area contributed by atoms with Gasteiger partial charge in [-0.05, 0) is 85.2 Å². The number of sulfonamides is 1. The van der Waals surface area contributed by atoms with E-state index in [1.807, 2.05) is 25.0 Å². The fourth-order valence-corrected chi connectivity index (χ4v) is 12.1. The van der Waals surface area contributed by atoms with E-state index in [4.69, 9.17) is 5.14 Å². The van der Waals surface area contributed by atoms with Gasteiger partial charge in [0.1, 0.15) is 0 Å². The summed E-state index contributed by atoms with van der Waals surface area (Å²) in [6, 6.07) is 18.1. The molecule has 0 bridgehead atoms. The predicted molar refractivity (Wildman–Crippen MR) is 191 cm³/mol. The third kappa shape index (κ3) is 5.30. The summed E-state index contributed by atoms with van der Waals surface area (Å²) in [4.78, 5) is 8.71. The Labute approximate surface area is 294 Å². The van der Waals surface area contributed by atoms with E-state index in [-0.39, 0.29) is 0 Å². The summed E-state index contributed by atoms with van der Waals surface area (Å²) in [6.07, 6.45) is 17.7. The number of imidazole rings is 2. The lowest BCUT2D eigenvalue weighted by atomic mass is 9.55. The third-order valence-electron chi connectivity index (χ3n) is 13.1. The van der Waals surface area contributed by atoms with Crippen molar-refractivity contribution in [1.29, 1.82) is 0 Å². The molecule has 4 aliphatic heterocycles. The molecule has 2 saturated carbocycles. The molecular formula is C37H45N7O4S2. The zero-order valence-corrected chi connectivity index (χ0v) is 30.1. The largest absolute Gasteiger partial charge is 0.323 e. The van der Waals surface area contributed by atoms with Crippen LogP contribution in [-0.4, -0.2) is 77.0 Å². The van der Waals surface area contributed by atoms with Gasteiger partial charge in [-0.1, -0.05) is 48.5 Å². The summed E-state index contributed by atoms with van der Waals surface area (Å²) in [5.41, 5.74) is 8.54. The normalized spacial score (nSPS) is 25.6.